The zero-order valence-corrected chi connectivity index (χ0v) is 16.4. The molecule has 0 bridgehead atoms. The monoisotopic (exact) mass is 402 g/mol. The van der Waals surface area contributed by atoms with Crippen LogP contribution in [-0.4, -0.2) is 31.1 Å². The van der Waals surface area contributed by atoms with Gasteiger partial charge in [-0.05, 0) is 24.3 Å². The van der Waals surface area contributed by atoms with Crippen LogP contribution in [0.2, 0.25) is 5.02 Å². The highest BCUT2D eigenvalue weighted by atomic mass is 35.5. The predicted octanol–water partition coefficient (Wildman–Crippen LogP) is 2.80. The third kappa shape index (κ3) is 5.74. The third-order valence-electron chi connectivity index (χ3n) is 3.08. The number of nitrogens with one attached hydrogen (secondary N) is 2. The number of rotatable bonds is 6. The molecule has 0 aliphatic heterocycles. The first-order chi connectivity index (χ1) is 11.6. The Labute approximate surface area is 155 Å². The van der Waals surface area contributed by atoms with Crippen LogP contribution >= 0.6 is 22.9 Å². The maximum Gasteiger partial charge on any atom is 0.240 e. The number of sulfonamides is 1. The third-order valence-corrected chi connectivity index (χ3v) is 6.07. The molecule has 0 radical (unpaired) electrons. The molecule has 1 amide bonds. The molecule has 0 unspecified atom stereocenters. The summed E-state index contributed by atoms with van der Waals surface area (Å²) in [5.74, 6) is -0.338. The SMILES string of the molecule is CC(C)(C)c1nnc(NC(=O)CCNS(=O)(=O)c2ccc(Cl)cc2)s1. The Hall–Kier alpha value is -1.55. The average Bonchev–Trinajstić information content (AvgIpc) is 2.96. The molecule has 2 N–H and O–H groups in total. The van der Waals surface area contributed by atoms with Crippen molar-refractivity contribution in [3.63, 3.8) is 0 Å². The van der Waals surface area contributed by atoms with Crippen molar-refractivity contribution >= 4 is 44.0 Å². The van der Waals surface area contributed by atoms with Crippen LogP contribution < -0.4 is 10.0 Å². The van der Waals surface area contributed by atoms with E-state index in [0.29, 0.717) is 10.2 Å². The summed E-state index contributed by atoms with van der Waals surface area (Å²) in [6.07, 6.45) is -0.0166. The van der Waals surface area contributed by atoms with Gasteiger partial charge in [-0.15, -0.1) is 10.2 Å². The fraction of sp³-hybridized carbons (Fsp3) is 0.400. The van der Waals surface area contributed by atoms with Gasteiger partial charge in [0.05, 0.1) is 4.90 Å². The molecule has 1 heterocycles. The van der Waals surface area contributed by atoms with Crippen molar-refractivity contribution in [2.45, 2.75) is 37.5 Å². The van der Waals surface area contributed by atoms with Gasteiger partial charge in [0.25, 0.3) is 0 Å². The lowest BCUT2D eigenvalue weighted by molar-refractivity contribution is -0.116. The number of benzene rings is 1. The quantitative estimate of drug-likeness (QED) is 0.773. The lowest BCUT2D eigenvalue weighted by Gasteiger charge is -2.12. The van der Waals surface area contributed by atoms with E-state index in [0.717, 1.165) is 5.01 Å². The minimum absolute atomic E-state index is 0.0166. The number of anilines is 1. The molecule has 7 nitrogen and oxygen atoms in total. The normalized spacial score (nSPS) is 12.2. The molecular weight excluding hydrogens is 384 g/mol. The van der Waals surface area contributed by atoms with Gasteiger partial charge in [0.2, 0.25) is 21.1 Å². The molecule has 0 spiro atoms. The lowest BCUT2D eigenvalue weighted by Crippen LogP contribution is -2.27. The molecule has 0 fully saturated rings. The summed E-state index contributed by atoms with van der Waals surface area (Å²) in [6, 6.07) is 5.79. The van der Waals surface area contributed by atoms with Crippen LogP contribution in [0.5, 0.6) is 0 Å². The van der Waals surface area contributed by atoms with Gasteiger partial charge in [-0.1, -0.05) is 43.7 Å². The van der Waals surface area contributed by atoms with Crippen LogP contribution in [0.15, 0.2) is 29.2 Å². The van der Waals surface area contributed by atoms with Gasteiger partial charge in [-0.3, -0.25) is 4.79 Å². The predicted molar refractivity (Wildman–Crippen MR) is 98.5 cm³/mol. The molecule has 2 rings (SSSR count). The molecule has 1 aromatic carbocycles. The van der Waals surface area contributed by atoms with Crippen LogP contribution in [0, 0.1) is 0 Å². The van der Waals surface area contributed by atoms with Gasteiger partial charge < -0.3 is 5.32 Å². The van der Waals surface area contributed by atoms with Gasteiger partial charge in [0.15, 0.2) is 0 Å². The Bertz CT molecular complexity index is 842. The molecule has 0 aliphatic carbocycles. The Morgan fingerprint density at radius 3 is 2.40 bits per heavy atom. The molecule has 0 atom stereocenters. The summed E-state index contributed by atoms with van der Waals surface area (Å²) in [6.45, 7) is 5.99. The zero-order valence-electron chi connectivity index (χ0n) is 14.0. The van der Waals surface area contributed by atoms with Crippen molar-refractivity contribution in [2.24, 2.45) is 0 Å². The Morgan fingerprint density at radius 1 is 1.20 bits per heavy atom. The molecule has 2 aromatic rings. The average molecular weight is 403 g/mol. The van der Waals surface area contributed by atoms with E-state index >= 15 is 0 Å². The first-order valence-electron chi connectivity index (χ1n) is 7.47. The maximum atomic E-state index is 12.1. The summed E-state index contributed by atoms with van der Waals surface area (Å²) in [7, 11) is -3.67. The highest BCUT2D eigenvalue weighted by Gasteiger charge is 2.20. The Kier molecular flexibility index (Phi) is 6.15. The number of carbonyl (C=O) groups is 1. The number of nitrogens with zero attached hydrogens (tertiary/aromatic N) is 2. The van der Waals surface area contributed by atoms with E-state index in [1.165, 1.54) is 35.6 Å². The summed E-state index contributed by atoms with van der Waals surface area (Å²) in [4.78, 5) is 12.0. The van der Waals surface area contributed by atoms with Crippen molar-refractivity contribution < 1.29 is 13.2 Å². The van der Waals surface area contributed by atoms with Gasteiger partial charge >= 0.3 is 0 Å². The summed E-state index contributed by atoms with van der Waals surface area (Å²) in [5, 5.41) is 12.2. The van der Waals surface area contributed by atoms with Gasteiger partial charge in [0, 0.05) is 23.4 Å². The van der Waals surface area contributed by atoms with Crippen LogP contribution in [0.3, 0.4) is 0 Å². The zero-order chi connectivity index (χ0) is 18.7. The largest absolute Gasteiger partial charge is 0.300 e. The smallest absolute Gasteiger partial charge is 0.240 e. The molecule has 0 aliphatic rings. The van der Waals surface area contributed by atoms with Crippen molar-refractivity contribution in [1.29, 1.82) is 0 Å². The molecule has 0 saturated heterocycles. The number of aromatic nitrogens is 2. The number of hydrogen-bond acceptors (Lipinski definition) is 6. The molecule has 136 valence electrons. The number of hydrogen-bond donors (Lipinski definition) is 2. The highest BCUT2D eigenvalue weighted by Crippen LogP contribution is 2.27. The van der Waals surface area contributed by atoms with Crippen molar-refractivity contribution in [3.8, 4) is 0 Å². The van der Waals surface area contributed by atoms with Crippen molar-refractivity contribution in [3.05, 3.63) is 34.3 Å². The van der Waals surface area contributed by atoms with E-state index in [9.17, 15) is 13.2 Å². The van der Waals surface area contributed by atoms with E-state index < -0.39 is 10.0 Å². The molecule has 1 aromatic heterocycles. The summed E-state index contributed by atoms with van der Waals surface area (Å²) in [5.41, 5.74) is -0.144. The Balaban J connectivity index is 1.86. The summed E-state index contributed by atoms with van der Waals surface area (Å²) < 4.78 is 26.6. The minimum Gasteiger partial charge on any atom is -0.300 e. The maximum absolute atomic E-state index is 12.1. The number of carbonyl (C=O) groups excluding carboxylic acids is 1. The van der Waals surface area contributed by atoms with E-state index in [-0.39, 0.29) is 29.2 Å². The first-order valence-corrected chi connectivity index (χ1v) is 10.1. The van der Waals surface area contributed by atoms with E-state index in [1.54, 1.807) is 0 Å². The fourth-order valence-corrected chi connectivity index (χ4v) is 3.73. The number of halogens is 1. The van der Waals surface area contributed by atoms with Crippen LogP contribution in [0.25, 0.3) is 0 Å². The van der Waals surface area contributed by atoms with Crippen LogP contribution in [0.4, 0.5) is 5.13 Å². The van der Waals surface area contributed by atoms with Gasteiger partial charge in [0.1, 0.15) is 5.01 Å². The highest BCUT2D eigenvalue weighted by molar-refractivity contribution is 7.89. The standard InChI is InChI=1S/C15H19ClN4O3S2/c1-15(2,3)13-19-20-14(24-13)18-12(21)8-9-17-25(22,23)11-6-4-10(16)5-7-11/h4-7,17H,8-9H2,1-3H3,(H,18,20,21). The fourth-order valence-electron chi connectivity index (χ4n) is 1.75. The van der Waals surface area contributed by atoms with Crippen molar-refractivity contribution in [1.82, 2.24) is 14.9 Å². The topological polar surface area (TPSA) is 101 Å². The van der Waals surface area contributed by atoms with Gasteiger partial charge in [-0.2, -0.15) is 0 Å². The number of amides is 1. The molecule has 0 saturated carbocycles. The second-order valence-corrected chi connectivity index (χ2v) is 9.49. The van der Waals surface area contributed by atoms with Crippen LogP contribution in [-0.2, 0) is 20.2 Å². The van der Waals surface area contributed by atoms with E-state index in [4.69, 9.17) is 11.6 Å². The molecule has 25 heavy (non-hydrogen) atoms. The van der Waals surface area contributed by atoms with Crippen molar-refractivity contribution in [2.75, 3.05) is 11.9 Å². The van der Waals surface area contributed by atoms with Crippen LogP contribution in [0.1, 0.15) is 32.2 Å². The second-order valence-electron chi connectivity index (χ2n) is 6.31. The van der Waals surface area contributed by atoms with Gasteiger partial charge in [-0.25, -0.2) is 13.1 Å². The first kappa shape index (κ1) is 19.8. The lowest BCUT2D eigenvalue weighted by atomic mass is 9.98. The Morgan fingerprint density at radius 2 is 1.84 bits per heavy atom. The molecular formula is C15H19ClN4O3S2. The van der Waals surface area contributed by atoms with E-state index in [1.807, 2.05) is 20.8 Å². The molecule has 10 heteroatoms. The second kappa shape index (κ2) is 7.77. The minimum atomic E-state index is -3.67. The van der Waals surface area contributed by atoms with E-state index in [2.05, 4.69) is 20.2 Å². The summed E-state index contributed by atoms with van der Waals surface area (Å²) >= 11 is 7.04.